The van der Waals surface area contributed by atoms with Gasteiger partial charge in [-0.3, -0.25) is 4.79 Å². The molecule has 76 valence electrons. The predicted octanol–water partition coefficient (Wildman–Crippen LogP) is 0.284. The molecule has 14 heavy (non-hydrogen) atoms. The molecule has 0 saturated heterocycles. The lowest BCUT2D eigenvalue weighted by molar-refractivity contribution is -0.117. The number of nitrogens with zero attached hydrogens (tertiary/aromatic N) is 2. The van der Waals surface area contributed by atoms with Gasteiger partial charge < -0.3 is 9.88 Å². The molecule has 2 rings (SSSR count). The minimum atomic E-state index is 0.214. The van der Waals surface area contributed by atoms with Crippen LogP contribution < -0.4 is 5.32 Å². The zero-order valence-corrected chi connectivity index (χ0v) is 8.36. The molecule has 1 aliphatic rings. The quantitative estimate of drug-likeness (QED) is 0.731. The molecule has 0 aliphatic heterocycles. The number of hydrogen-bond acceptors (Lipinski definition) is 3. The fourth-order valence-electron chi connectivity index (χ4n) is 1.35. The van der Waals surface area contributed by atoms with Gasteiger partial charge in [-0.1, -0.05) is 0 Å². The van der Waals surface area contributed by atoms with Gasteiger partial charge in [0.1, 0.15) is 5.82 Å². The van der Waals surface area contributed by atoms with Crippen LogP contribution in [-0.2, 0) is 18.3 Å². The minimum absolute atomic E-state index is 0.214. The van der Waals surface area contributed by atoms with E-state index in [-0.39, 0.29) is 5.78 Å². The van der Waals surface area contributed by atoms with E-state index in [4.69, 9.17) is 0 Å². The molecule has 4 nitrogen and oxygen atoms in total. The van der Waals surface area contributed by atoms with Gasteiger partial charge in [0, 0.05) is 25.5 Å². The summed E-state index contributed by atoms with van der Waals surface area (Å²) in [4.78, 5) is 15.6. The van der Waals surface area contributed by atoms with E-state index in [0.29, 0.717) is 19.0 Å². The van der Waals surface area contributed by atoms with E-state index in [2.05, 4.69) is 10.3 Å². The molecule has 0 amide bonds. The van der Waals surface area contributed by atoms with Crippen molar-refractivity contribution in [2.45, 2.75) is 25.3 Å². The summed E-state index contributed by atoms with van der Waals surface area (Å²) in [6, 6.07) is 0.598. The van der Waals surface area contributed by atoms with Crippen LogP contribution in [0.15, 0.2) is 12.4 Å². The zero-order chi connectivity index (χ0) is 9.97. The van der Waals surface area contributed by atoms with Crippen molar-refractivity contribution in [2.24, 2.45) is 7.05 Å². The first-order valence-corrected chi connectivity index (χ1v) is 4.97. The van der Waals surface area contributed by atoms with Crippen molar-refractivity contribution in [2.75, 3.05) is 6.54 Å². The SMILES string of the molecule is Cn1ccnc1CC(=O)CNC1CC1. The lowest BCUT2D eigenvalue weighted by atomic mass is 10.2. The minimum Gasteiger partial charge on any atom is -0.338 e. The second kappa shape index (κ2) is 3.92. The topological polar surface area (TPSA) is 46.9 Å². The van der Waals surface area contributed by atoms with Crippen molar-refractivity contribution in [3.8, 4) is 0 Å². The van der Waals surface area contributed by atoms with E-state index in [9.17, 15) is 4.79 Å². The number of ketones is 1. The van der Waals surface area contributed by atoms with Crippen molar-refractivity contribution in [1.29, 1.82) is 0 Å². The first-order chi connectivity index (χ1) is 6.75. The molecular weight excluding hydrogens is 178 g/mol. The van der Waals surface area contributed by atoms with E-state index < -0.39 is 0 Å². The summed E-state index contributed by atoms with van der Waals surface area (Å²) in [6.45, 7) is 0.484. The molecule has 1 aromatic rings. The molecule has 4 heteroatoms. The Kier molecular flexibility index (Phi) is 2.63. The third-order valence-electron chi connectivity index (χ3n) is 2.44. The average molecular weight is 193 g/mol. The largest absolute Gasteiger partial charge is 0.338 e. The molecule has 0 radical (unpaired) electrons. The third kappa shape index (κ3) is 2.42. The van der Waals surface area contributed by atoms with E-state index in [0.717, 1.165) is 5.82 Å². The standard InChI is InChI=1S/C10H15N3O/c1-13-5-4-11-10(13)6-9(14)7-12-8-2-3-8/h4-5,8,12H,2-3,6-7H2,1H3. The lowest BCUT2D eigenvalue weighted by Gasteiger charge is -2.02. The first kappa shape index (κ1) is 9.40. The van der Waals surface area contributed by atoms with Crippen LogP contribution in [0.25, 0.3) is 0 Å². The van der Waals surface area contributed by atoms with Crippen molar-refractivity contribution >= 4 is 5.78 Å². The van der Waals surface area contributed by atoms with Crippen LogP contribution in [0.1, 0.15) is 18.7 Å². The van der Waals surface area contributed by atoms with Gasteiger partial charge in [-0.05, 0) is 12.8 Å². The maximum atomic E-state index is 11.5. The molecule has 1 N–H and O–H groups in total. The average Bonchev–Trinajstić information content (AvgIpc) is 2.90. The van der Waals surface area contributed by atoms with E-state index in [1.54, 1.807) is 6.20 Å². The van der Waals surface area contributed by atoms with Crippen LogP contribution in [0.4, 0.5) is 0 Å². The summed E-state index contributed by atoms with van der Waals surface area (Å²) in [5.41, 5.74) is 0. The van der Waals surface area contributed by atoms with Crippen LogP contribution in [0.5, 0.6) is 0 Å². The van der Waals surface area contributed by atoms with E-state index in [1.807, 2.05) is 17.8 Å². The van der Waals surface area contributed by atoms with Crippen molar-refractivity contribution in [1.82, 2.24) is 14.9 Å². The molecule has 1 aliphatic carbocycles. The Morgan fingerprint density at radius 3 is 3.07 bits per heavy atom. The number of rotatable bonds is 5. The van der Waals surface area contributed by atoms with E-state index in [1.165, 1.54) is 12.8 Å². The molecular formula is C10H15N3O. The van der Waals surface area contributed by atoms with Crippen LogP contribution >= 0.6 is 0 Å². The van der Waals surface area contributed by atoms with Gasteiger partial charge in [0.2, 0.25) is 0 Å². The summed E-state index contributed by atoms with van der Waals surface area (Å²) in [7, 11) is 1.91. The predicted molar refractivity (Wildman–Crippen MR) is 52.9 cm³/mol. The van der Waals surface area contributed by atoms with Gasteiger partial charge in [0.05, 0.1) is 13.0 Å². The Morgan fingerprint density at radius 2 is 2.50 bits per heavy atom. The highest BCUT2D eigenvalue weighted by Gasteiger charge is 2.21. The van der Waals surface area contributed by atoms with Crippen molar-refractivity contribution in [3.05, 3.63) is 18.2 Å². The van der Waals surface area contributed by atoms with Crippen molar-refractivity contribution in [3.63, 3.8) is 0 Å². The highest BCUT2D eigenvalue weighted by atomic mass is 16.1. The van der Waals surface area contributed by atoms with Gasteiger partial charge in [-0.25, -0.2) is 4.98 Å². The summed E-state index contributed by atoms with van der Waals surface area (Å²) < 4.78 is 1.88. The van der Waals surface area contributed by atoms with Crippen LogP contribution in [-0.4, -0.2) is 27.9 Å². The van der Waals surface area contributed by atoms with Crippen LogP contribution in [0.2, 0.25) is 0 Å². The number of nitrogens with one attached hydrogen (secondary N) is 1. The van der Waals surface area contributed by atoms with Crippen molar-refractivity contribution < 1.29 is 4.79 Å². The highest BCUT2D eigenvalue weighted by molar-refractivity contribution is 5.82. The highest BCUT2D eigenvalue weighted by Crippen LogP contribution is 2.18. The number of aryl methyl sites for hydroxylation is 1. The van der Waals surface area contributed by atoms with Gasteiger partial charge >= 0.3 is 0 Å². The fourth-order valence-corrected chi connectivity index (χ4v) is 1.35. The molecule has 0 aromatic carbocycles. The number of carbonyl (C=O) groups excluding carboxylic acids is 1. The summed E-state index contributed by atoms with van der Waals surface area (Å²) in [6.07, 6.45) is 6.45. The maximum Gasteiger partial charge on any atom is 0.154 e. The molecule has 1 heterocycles. The van der Waals surface area contributed by atoms with Gasteiger partial charge in [0.15, 0.2) is 5.78 Å². The smallest absolute Gasteiger partial charge is 0.154 e. The lowest BCUT2D eigenvalue weighted by Crippen LogP contribution is -2.26. The summed E-state index contributed by atoms with van der Waals surface area (Å²) in [5.74, 6) is 1.05. The number of carbonyl (C=O) groups is 1. The van der Waals surface area contributed by atoms with E-state index >= 15 is 0 Å². The van der Waals surface area contributed by atoms with Gasteiger partial charge in [-0.2, -0.15) is 0 Å². The summed E-state index contributed by atoms with van der Waals surface area (Å²) >= 11 is 0. The Labute approximate surface area is 83.3 Å². The molecule has 0 atom stereocenters. The molecule has 0 bridgehead atoms. The Hall–Kier alpha value is -1.16. The maximum absolute atomic E-state index is 11.5. The Bertz CT molecular complexity index is 328. The van der Waals surface area contributed by atoms with Crippen LogP contribution in [0.3, 0.4) is 0 Å². The zero-order valence-electron chi connectivity index (χ0n) is 8.36. The number of Topliss-reactive ketones (excluding diaryl/α,β-unsaturated/α-hetero) is 1. The monoisotopic (exact) mass is 193 g/mol. The molecule has 0 unspecified atom stereocenters. The number of aromatic nitrogens is 2. The van der Waals surface area contributed by atoms with Gasteiger partial charge in [-0.15, -0.1) is 0 Å². The molecule has 1 saturated carbocycles. The third-order valence-corrected chi connectivity index (χ3v) is 2.44. The normalized spacial score (nSPS) is 15.8. The number of imidazole rings is 1. The molecule has 0 spiro atoms. The molecule has 1 aromatic heterocycles. The van der Waals surface area contributed by atoms with Gasteiger partial charge in [0.25, 0.3) is 0 Å². The fraction of sp³-hybridized carbons (Fsp3) is 0.600. The second-order valence-corrected chi connectivity index (χ2v) is 3.83. The summed E-state index contributed by atoms with van der Waals surface area (Å²) in [5, 5.41) is 3.20. The number of hydrogen-bond donors (Lipinski definition) is 1. The second-order valence-electron chi connectivity index (χ2n) is 3.83. The Balaban J connectivity index is 1.78. The van der Waals surface area contributed by atoms with Crippen LogP contribution in [0, 0.1) is 0 Å². The Morgan fingerprint density at radius 1 is 1.71 bits per heavy atom. The molecule has 1 fully saturated rings. The first-order valence-electron chi connectivity index (χ1n) is 4.97.